The molecule has 0 aliphatic heterocycles. The predicted molar refractivity (Wildman–Crippen MR) is 120 cm³/mol. The van der Waals surface area contributed by atoms with E-state index in [9.17, 15) is 14.0 Å². The van der Waals surface area contributed by atoms with Gasteiger partial charge in [0.15, 0.2) is 0 Å². The van der Waals surface area contributed by atoms with Crippen LogP contribution < -0.4 is 5.32 Å². The standard InChI is InChI=1S/C23H25BrClFN2O2/c1-15(23(30)27-18-5-2-3-6-18)28(14-16-9-11-17(24)12-10-16)22(29)13-19-20(25)7-4-8-21(19)26/h4,7-12,15,18H,2-3,5-6,13-14H2,1H3,(H,27,30). The molecule has 4 nitrogen and oxygen atoms in total. The van der Waals surface area contributed by atoms with E-state index in [4.69, 9.17) is 11.6 Å². The van der Waals surface area contributed by atoms with Crippen molar-refractivity contribution in [3.05, 3.63) is 68.9 Å². The minimum absolute atomic E-state index is 0.147. The molecule has 2 aromatic rings. The number of carbonyl (C=O) groups is 2. The number of carbonyl (C=O) groups excluding carboxylic acids is 2. The maximum Gasteiger partial charge on any atom is 0.242 e. The second kappa shape index (κ2) is 10.4. The van der Waals surface area contributed by atoms with E-state index >= 15 is 0 Å². The zero-order valence-electron chi connectivity index (χ0n) is 16.8. The van der Waals surface area contributed by atoms with E-state index in [2.05, 4.69) is 21.2 Å². The van der Waals surface area contributed by atoms with Crippen LogP contribution in [0.2, 0.25) is 5.02 Å². The Bertz CT molecular complexity index is 880. The average molecular weight is 496 g/mol. The van der Waals surface area contributed by atoms with Gasteiger partial charge in [-0.1, -0.05) is 58.6 Å². The van der Waals surface area contributed by atoms with Gasteiger partial charge in [-0.3, -0.25) is 9.59 Å². The first kappa shape index (κ1) is 22.8. The van der Waals surface area contributed by atoms with Gasteiger partial charge in [-0.2, -0.15) is 0 Å². The van der Waals surface area contributed by atoms with Crippen LogP contribution in [0.1, 0.15) is 43.7 Å². The van der Waals surface area contributed by atoms with Crippen molar-refractivity contribution in [2.45, 2.75) is 57.7 Å². The van der Waals surface area contributed by atoms with Crippen molar-refractivity contribution in [3.8, 4) is 0 Å². The van der Waals surface area contributed by atoms with E-state index in [1.54, 1.807) is 13.0 Å². The van der Waals surface area contributed by atoms with Crippen molar-refractivity contribution in [1.82, 2.24) is 10.2 Å². The molecule has 1 unspecified atom stereocenters. The monoisotopic (exact) mass is 494 g/mol. The number of nitrogens with zero attached hydrogens (tertiary/aromatic N) is 1. The second-order valence-corrected chi connectivity index (χ2v) is 9.01. The SMILES string of the molecule is CC(C(=O)NC1CCCC1)N(Cc1ccc(Br)cc1)C(=O)Cc1c(F)cccc1Cl. The molecule has 0 bridgehead atoms. The highest BCUT2D eigenvalue weighted by Gasteiger charge is 2.29. The minimum Gasteiger partial charge on any atom is -0.352 e. The Morgan fingerprint density at radius 3 is 2.50 bits per heavy atom. The van der Waals surface area contributed by atoms with E-state index in [1.165, 1.54) is 17.0 Å². The quantitative estimate of drug-likeness (QED) is 0.570. The summed E-state index contributed by atoms with van der Waals surface area (Å²) in [6, 6.07) is 11.4. The van der Waals surface area contributed by atoms with E-state index in [0.29, 0.717) is 0 Å². The summed E-state index contributed by atoms with van der Waals surface area (Å²) in [5, 5.41) is 3.26. The van der Waals surface area contributed by atoms with Crippen molar-refractivity contribution >= 4 is 39.3 Å². The normalized spacial score (nSPS) is 15.1. The molecule has 1 fully saturated rings. The van der Waals surface area contributed by atoms with E-state index in [0.717, 1.165) is 35.7 Å². The van der Waals surface area contributed by atoms with E-state index in [1.807, 2.05) is 24.3 Å². The van der Waals surface area contributed by atoms with Crippen LogP contribution in [0.15, 0.2) is 46.9 Å². The zero-order chi connectivity index (χ0) is 21.7. The van der Waals surface area contributed by atoms with Gasteiger partial charge < -0.3 is 10.2 Å². The number of nitrogens with one attached hydrogen (secondary N) is 1. The fourth-order valence-corrected chi connectivity index (χ4v) is 4.21. The van der Waals surface area contributed by atoms with Crippen molar-refractivity contribution in [1.29, 1.82) is 0 Å². The highest BCUT2D eigenvalue weighted by Crippen LogP contribution is 2.22. The third kappa shape index (κ3) is 5.82. The molecule has 0 aromatic heterocycles. The van der Waals surface area contributed by atoms with Gasteiger partial charge >= 0.3 is 0 Å². The number of rotatable bonds is 7. The van der Waals surface area contributed by atoms with Gasteiger partial charge in [0, 0.05) is 27.6 Å². The maximum absolute atomic E-state index is 14.2. The number of benzene rings is 2. The number of halogens is 3. The van der Waals surface area contributed by atoms with Crippen LogP contribution in [-0.2, 0) is 22.6 Å². The molecule has 0 heterocycles. The summed E-state index contributed by atoms with van der Waals surface area (Å²) >= 11 is 9.52. The van der Waals surface area contributed by atoms with Crippen LogP contribution in [0.3, 0.4) is 0 Å². The molecule has 1 aliphatic carbocycles. The molecule has 2 aromatic carbocycles. The molecule has 30 heavy (non-hydrogen) atoms. The fraction of sp³-hybridized carbons (Fsp3) is 0.391. The first-order chi connectivity index (χ1) is 14.3. The largest absolute Gasteiger partial charge is 0.352 e. The molecule has 1 aliphatic rings. The first-order valence-corrected chi connectivity index (χ1v) is 11.3. The lowest BCUT2D eigenvalue weighted by molar-refractivity contribution is -0.140. The smallest absolute Gasteiger partial charge is 0.242 e. The average Bonchev–Trinajstić information content (AvgIpc) is 3.22. The molecule has 7 heteroatoms. The summed E-state index contributed by atoms with van der Waals surface area (Å²) in [7, 11) is 0. The predicted octanol–water partition coefficient (Wildman–Crippen LogP) is 5.26. The molecule has 2 amide bonds. The van der Waals surface area contributed by atoms with Crippen molar-refractivity contribution in [2.75, 3.05) is 0 Å². The second-order valence-electron chi connectivity index (χ2n) is 7.69. The zero-order valence-corrected chi connectivity index (χ0v) is 19.2. The summed E-state index contributed by atoms with van der Waals surface area (Å²) in [4.78, 5) is 27.5. The van der Waals surface area contributed by atoms with Gasteiger partial charge in [0.2, 0.25) is 11.8 Å². The molecule has 1 N–H and O–H groups in total. The van der Waals surface area contributed by atoms with Gasteiger partial charge in [0.25, 0.3) is 0 Å². The number of hydrogen-bond donors (Lipinski definition) is 1. The highest BCUT2D eigenvalue weighted by molar-refractivity contribution is 9.10. The Morgan fingerprint density at radius 2 is 1.87 bits per heavy atom. The highest BCUT2D eigenvalue weighted by atomic mass is 79.9. The fourth-order valence-electron chi connectivity index (χ4n) is 3.72. The van der Waals surface area contributed by atoms with Crippen LogP contribution in [0, 0.1) is 5.82 Å². The maximum atomic E-state index is 14.2. The number of amides is 2. The lowest BCUT2D eigenvalue weighted by atomic mass is 10.1. The number of hydrogen-bond acceptors (Lipinski definition) is 2. The molecule has 1 atom stereocenters. The third-order valence-electron chi connectivity index (χ3n) is 5.52. The summed E-state index contributed by atoms with van der Waals surface area (Å²) in [6.07, 6.45) is 3.93. The Kier molecular flexibility index (Phi) is 7.89. The van der Waals surface area contributed by atoms with Crippen LogP contribution in [0.25, 0.3) is 0 Å². The van der Waals surface area contributed by atoms with Gasteiger partial charge in [0.1, 0.15) is 11.9 Å². The lowest BCUT2D eigenvalue weighted by Gasteiger charge is -2.30. The van der Waals surface area contributed by atoms with Crippen LogP contribution in [0.4, 0.5) is 4.39 Å². The molecular formula is C23H25BrClFN2O2. The molecule has 0 radical (unpaired) electrons. The molecule has 1 saturated carbocycles. The van der Waals surface area contributed by atoms with Crippen LogP contribution in [-0.4, -0.2) is 28.8 Å². The summed E-state index contributed by atoms with van der Waals surface area (Å²) in [5.41, 5.74) is 1.03. The molecule has 160 valence electrons. The van der Waals surface area contributed by atoms with E-state index in [-0.39, 0.29) is 41.4 Å². The molecule has 0 spiro atoms. The van der Waals surface area contributed by atoms with Crippen molar-refractivity contribution in [3.63, 3.8) is 0 Å². The summed E-state index contributed by atoms with van der Waals surface area (Å²) in [6.45, 7) is 1.96. The minimum atomic E-state index is -0.688. The van der Waals surface area contributed by atoms with Gasteiger partial charge in [-0.25, -0.2) is 4.39 Å². The Morgan fingerprint density at radius 1 is 1.20 bits per heavy atom. The van der Waals surface area contributed by atoms with Crippen molar-refractivity contribution in [2.24, 2.45) is 0 Å². The summed E-state index contributed by atoms with van der Waals surface area (Å²) in [5.74, 6) is -1.06. The molecule has 3 rings (SSSR count). The van der Waals surface area contributed by atoms with Crippen LogP contribution in [0.5, 0.6) is 0 Å². The van der Waals surface area contributed by atoms with Gasteiger partial charge in [-0.05, 0) is 49.6 Å². The lowest BCUT2D eigenvalue weighted by Crippen LogP contribution is -2.50. The molecule has 0 saturated heterocycles. The Hall–Kier alpha value is -1.92. The Labute approximate surface area is 189 Å². The van der Waals surface area contributed by atoms with Gasteiger partial charge in [0.05, 0.1) is 6.42 Å². The third-order valence-corrected chi connectivity index (χ3v) is 6.41. The topological polar surface area (TPSA) is 49.4 Å². The van der Waals surface area contributed by atoms with Crippen molar-refractivity contribution < 1.29 is 14.0 Å². The summed E-state index contributed by atoms with van der Waals surface area (Å²) < 4.78 is 15.2. The first-order valence-electron chi connectivity index (χ1n) is 10.1. The Balaban J connectivity index is 1.80. The van der Waals surface area contributed by atoms with Gasteiger partial charge in [-0.15, -0.1) is 0 Å². The van der Waals surface area contributed by atoms with E-state index < -0.39 is 11.9 Å². The van der Waals surface area contributed by atoms with Crippen LogP contribution >= 0.6 is 27.5 Å². The molecular weight excluding hydrogens is 471 g/mol.